The number of primary amides is 1. The number of carbonyl (C=O) groups excluding carboxylic acids is 2. The molecular formula is C17H19FN6O2. The number of benzene rings is 1. The number of aromatic nitrogens is 2. The molecule has 3 rings (SSSR count). The van der Waals surface area contributed by atoms with E-state index >= 15 is 0 Å². The van der Waals surface area contributed by atoms with Crippen LogP contribution >= 0.6 is 0 Å². The molecule has 1 saturated heterocycles. The van der Waals surface area contributed by atoms with E-state index in [4.69, 9.17) is 5.73 Å². The molecule has 0 radical (unpaired) electrons. The lowest BCUT2D eigenvalue weighted by atomic mass is 10.3. The first-order valence-electron chi connectivity index (χ1n) is 8.17. The molecule has 1 aromatic heterocycles. The molecule has 2 aromatic rings. The molecule has 1 aliphatic rings. The molecule has 1 aliphatic heterocycles. The second-order valence-electron chi connectivity index (χ2n) is 5.96. The van der Waals surface area contributed by atoms with Gasteiger partial charge in [0.2, 0.25) is 5.91 Å². The summed E-state index contributed by atoms with van der Waals surface area (Å²) >= 11 is 0. The van der Waals surface area contributed by atoms with Crippen LogP contribution in [0.4, 0.5) is 15.9 Å². The van der Waals surface area contributed by atoms with E-state index in [1.165, 1.54) is 24.3 Å². The summed E-state index contributed by atoms with van der Waals surface area (Å²) in [6, 6.07) is 8.92. The highest BCUT2D eigenvalue weighted by Gasteiger charge is 2.20. The van der Waals surface area contributed by atoms with Crippen LogP contribution in [0.1, 0.15) is 10.5 Å². The summed E-state index contributed by atoms with van der Waals surface area (Å²) in [5, 5.41) is 10.6. The van der Waals surface area contributed by atoms with Gasteiger partial charge in [0, 0.05) is 31.9 Å². The topological polar surface area (TPSA) is 104 Å². The lowest BCUT2D eigenvalue weighted by Crippen LogP contribution is -2.49. The van der Waals surface area contributed by atoms with E-state index in [-0.39, 0.29) is 24.0 Å². The van der Waals surface area contributed by atoms with Crippen LogP contribution in [0.25, 0.3) is 0 Å². The van der Waals surface area contributed by atoms with Crippen molar-refractivity contribution in [1.29, 1.82) is 0 Å². The maximum absolute atomic E-state index is 12.9. The summed E-state index contributed by atoms with van der Waals surface area (Å²) < 4.78 is 12.9. The highest BCUT2D eigenvalue weighted by Crippen LogP contribution is 2.13. The molecule has 0 aliphatic carbocycles. The van der Waals surface area contributed by atoms with Crippen molar-refractivity contribution in [3.8, 4) is 0 Å². The third kappa shape index (κ3) is 4.51. The molecule has 1 aromatic carbocycles. The fraction of sp³-hybridized carbons (Fsp3) is 0.294. The average molecular weight is 358 g/mol. The predicted molar refractivity (Wildman–Crippen MR) is 94.2 cm³/mol. The maximum Gasteiger partial charge on any atom is 0.269 e. The van der Waals surface area contributed by atoms with Crippen molar-refractivity contribution in [1.82, 2.24) is 15.1 Å². The highest BCUT2D eigenvalue weighted by atomic mass is 19.1. The van der Waals surface area contributed by atoms with Crippen molar-refractivity contribution in [2.75, 3.05) is 42.9 Å². The van der Waals surface area contributed by atoms with Gasteiger partial charge in [-0.1, -0.05) is 0 Å². The Bertz CT molecular complexity index is 773. The van der Waals surface area contributed by atoms with Gasteiger partial charge in [0.25, 0.3) is 5.91 Å². The number of hydrogen-bond acceptors (Lipinski definition) is 6. The van der Waals surface area contributed by atoms with Crippen LogP contribution in [-0.2, 0) is 4.79 Å². The SMILES string of the molecule is NC(=O)c1ccc(N2CCN(CC(=O)Nc3ccc(F)cc3)CC2)nn1. The van der Waals surface area contributed by atoms with Crippen LogP contribution in [0.2, 0.25) is 0 Å². The molecule has 1 fully saturated rings. The summed E-state index contributed by atoms with van der Waals surface area (Å²) in [6.07, 6.45) is 0. The zero-order valence-corrected chi connectivity index (χ0v) is 14.1. The zero-order valence-electron chi connectivity index (χ0n) is 14.1. The van der Waals surface area contributed by atoms with Gasteiger partial charge in [0.15, 0.2) is 11.5 Å². The van der Waals surface area contributed by atoms with Crippen molar-refractivity contribution in [3.05, 3.63) is 47.9 Å². The van der Waals surface area contributed by atoms with Gasteiger partial charge in [0.1, 0.15) is 5.82 Å². The molecule has 26 heavy (non-hydrogen) atoms. The van der Waals surface area contributed by atoms with E-state index in [1.54, 1.807) is 12.1 Å². The summed E-state index contributed by atoms with van der Waals surface area (Å²) in [7, 11) is 0. The lowest BCUT2D eigenvalue weighted by Gasteiger charge is -2.34. The first-order valence-corrected chi connectivity index (χ1v) is 8.17. The van der Waals surface area contributed by atoms with E-state index in [9.17, 15) is 14.0 Å². The van der Waals surface area contributed by atoms with Gasteiger partial charge in [-0.15, -0.1) is 10.2 Å². The van der Waals surface area contributed by atoms with Gasteiger partial charge < -0.3 is 16.0 Å². The van der Waals surface area contributed by atoms with E-state index in [0.29, 0.717) is 37.7 Å². The third-order valence-electron chi connectivity index (χ3n) is 4.09. The molecule has 9 heteroatoms. The number of halogens is 1. The van der Waals surface area contributed by atoms with Crippen molar-refractivity contribution >= 4 is 23.3 Å². The average Bonchev–Trinajstić information content (AvgIpc) is 2.64. The summed E-state index contributed by atoms with van der Waals surface area (Å²) in [4.78, 5) is 27.2. The van der Waals surface area contributed by atoms with Crippen LogP contribution in [0, 0.1) is 5.82 Å². The molecule has 0 bridgehead atoms. The Hall–Kier alpha value is -3.07. The van der Waals surface area contributed by atoms with E-state index in [0.717, 1.165) is 0 Å². The number of piperazine rings is 1. The number of nitrogens with two attached hydrogens (primary N) is 1. The molecule has 0 saturated carbocycles. The summed E-state index contributed by atoms with van der Waals surface area (Å²) in [5.41, 5.74) is 5.85. The Kier molecular flexibility index (Phi) is 5.37. The Morgan fingerprint density at radius 1 is 1.04 bits per heavy atom. The molecule has 136 valence electrons. The highest BCUT2D eigenvalue weighted by molar-refractivity contribution is 5.92. The van der Waals surface area contributed by atoms with Crippen molar-refractivity contribution < 1.29 is 14.0 Å². The second kappa shape index (κ2) is 7.87. The quantitative estimate of drug-likeness (QED) is 0.805. The summed E-state index contributed by atoms with van der Waals surface area (Å²) in [6.45, 7) is 3.02. The second-order valence-corrected chi connectivity index (χ2v) is 5.96. The molecule has 8 nitrogen and oxygen atoms in total. The molecule has 0 atom stereocenters. The van der Waals surface area contributed by atoms with Crippen LogP contribution < -0.4 is 16.0 Å². The van der Waals surface area contributed by atoms with E-state index in [1.807, 2.05) is 9.80 Å². The normalized spacial score (nSPS) is 14.9. The Morgan fingerprint density at radius 2 is 1.73 bits per heavy atom. The largest absolute Gasteiger partial charge is 0.364 e. The smallest absolute Gasteiger partial charge is 0.269 e. The van der Waals surface area contributed by atoms with Crippen molar-refractivity contribution in [3.63, 3.8) is 0 Å². The van der Waals surface area contributed by atoms with E-state index in [2.05, 4.69) is 15.5 Å². The van der Waals surface area contributed by atoms with Gasteiger partial charge in [-0.05, 0) is 36.4 Å². The number of hydrogen-bond donors (Lipinski definition) is 2. The molecule has 0 spiro atoms. The van der Waals surface area contributed by atoms with Gasteiger partial charge in [-0.3, -0.25) is 14.5 Å². The first-order chi connectivity index (χ1) is 12.5. The Labute approximate surface area is 149 Å². The Morgan fingerprint density at radius 3 is 2.31 bits per heavy atom. The standard InChI is InChI=1S/C17H19FN6O2/c18-12-1-3-13(4-2-12)20-16(25)11-23-7-9-24(10-8-23)15-6-5-14(17(19)26)21-22-15/h1-6H,7-11H2,(H2,19,26)(H,20,25). The maximum atomic E-state index is 12.9. The zero-order chi connectivity index (χ0) is 18.5. The van der Waals surface area contributed by atoms with Gasteiger partial charge in [0.05, 0.1) is 6.54 Å². The monoisotopic (exact) mass is 358 g/mol. The third-order valence-corrected chi connectivity index (χ3v) is 4.09. The fourth-order valence-electron chi connectivity index (χ4n) is 2.70. The number of carbonyl (C=O) groups is 2. The van der Waals surface area contributed by atoms with Crippen LogP contribution in [0.15, 0.2) is 36.4 Å². The molecule has 3 N–H and O–H groups in total. The van der Waals surface area contributed by atoms with Gasteiger partial charge in [-0.25, -0.2) is 4.39 Å². The minimum absolute atomic E-state index is 0.129. The van der Waals surface area contributed by atoms with Crippen LogP contribution in [0.3, 0.4) is 0 Å². The number of nitrogens with zero attached hydrogens (tertiary/aromatic N) is 4. The number of anilines is 2. The van der Waals surface area contributed by atoms with Crippen molar-refractivity contribution in [2.24, 2.45) is 5.73 Å². The van der Waals surface area contributed by atoms with Gasteiger partial charge >= 0.3 is 0 Å². The molecule has 0 unspecified atom stereocenters. The first kappa shape index (κ1) is 17.7. The Balaban J connectivity index is 1.48. The minimum atomic E-state index is -0.610. The van der Waals surface area contributed by atoms with E-state index < -0.39 is 5.91 Å². The minimum Gasteiger partial charge on any atom is -0.364 e. The van der Waals surface area contributed by atoms with Crippen LogP contribution in [-0.4, -0.2) is 59.6 Å². The van der Waals surface area contributed by atoms with Gasteiger partial charge in [-0.2, -0.15) is 0 Å². The number of amides is 2. The number of rotatable bonds is 5. The fourth-order valence-corrected chi connectivity index (χ4v) is 2.70. The van der Waals surface area contributed by atoms with Crippen molar-refractivity contribution in [2.45, 2.75) is 0 Å². The predicted octanol–water partition coefficient (Wildman–Crippen LogP) is 0.475. The molecule has 2 heterocycles. The lowest BCUT2D eigenvalue weighted by molar-refractivity contribution is -0.117. The summed E-state index contributed by atoms with van der Waals surface area (Å²) in [5.74, 6) is -0.423. The molecule has 2 amide bonds. The number of nitrogens with one attached hydrogen (secondary N) is 1. The molecular weight excluding hydrogens is 339 g/mol. The van der Waals surface area contributed by atoms with Crippen LogP contribution in [0.5, 0.6) is 0 Å².